The molecule has 0 bridgehead atoms. The lowest BCUT2D eigenvalue weighted by molar-refractivity contribution is 0.191. The zero-order valence-corrected chi connectivity index (χ0v) is 12.5. The van der Waals surface area contributed by atoms with Crippen molar-refractivity contribution in [1.82, 2.24) is 15.5 Å². The minimum Gasteiger partial charge on any atom is -0.392 e. The molecule has 19 heavy (non-hydrogen) atoms. The maximum atomic E-state index is 9.54. The summed E-state index contributed by atoms with van der Waals surface area (Å²) in [5.41, 5.74) is 0. The standard InChI is InChI=1S/C12H19N3O2S2/c1-2-9-10(19-4-3-18-9)11-14-12(17-15-11)8-5-7(16)6-13-8/h7-10,13,16H,2-6H2,1H3/t7-,8-,9?,10?/m0/s1. The largest absolute Gasteiger partial charge is 0.392 e. The molecule has 0 amide bonds. The van der Waals surface area contributed by atoms with Crippen molar-refractivity contribution in [3.05, 3.63) is 11.7 Å². The summed E-state index contributed by atoms with van der Waals surface area (Å²) in [7, 11) is 0. The van der Waals surface area contributed by atoms with Gasteiger partial charge in [0.05, 0.1) is 17.4 Å². The molecule has 4 atom stereocenters. The molecule has 3 heterocycles. The summed E-state index contributed by atoms with van der Waals surface area (Å²) in [5.74, 6) is 3.80. The predicted octanol–water partition coefficient (Wildman–Crippen LogP) is 1.76. The highest BCUT2D eigenvalue weighted by molar-refractivity contribution is 8.06. The van der Waals surface area contributed by atoms with Crippen LogP contribution in [0.1, 0.15) is 42.8 Å². The average molecular weight is 301 g/mol. The molecule has 1 aromatic rings. The first-order chi connectivity index (χ1) is 9.28. The molecule has 2 aliphatic heterocycles. The Morgan fingerprint density at radius 3 is 3.00 bits per heavy atom. The predicted molar refractivity (Wildman–Crippen MR) is 77.4 cm³/mol. The van der Waals surface area contributed by atoms with Crippen LogP contribution in [0.15, 0.2) is 4.52 Å². The number of rotatable bonds is 3. The first-order valence-electron chi connectivity index (χ1n) is 6.76. The van der Waals surface area contributed by atoms with Crippen LogP contribution in [0.25, 0.3) is 0 Å². The van der Waals surface area contributed by atoms with Gasteiger partial charge < -0.3 is 14.9 Å². The molecule has 7 heteroatoms. The second-order valence-electron chi connectivity index (χ2n) is 4.95. The van der Waals surface area contributed by atoms with Gasteiger partial charge in [0.25, 0.3) is 0 Å². The fourth-order valence-corrected chi connectivity index (χ4v) is 5.53. The minimum atomic E-state index is -0.302. The van der Waals surface area contributed by atoms with Crippen LogP contribution >= 0.6 is 23.5 Å². The maximum Gasteiger partial charge on any atom is 0.243 e. The van der Waals surface area contributed by atoms with Crippen molar-refractivity contribution >= 4 is 23.5 Å². The second kappa shape index (κ2) is 6.03. The smallest absolute Gasteiger partial charge is 0.243 e. The van der Waals surface area contributed by atoms with Gasteiger partial charge >= 0.3 is 0 Å². The molecular weight excluding hydrogens is 282 g/mol. The Hall–Kier alpha value is -0.240. The molecule has 2 fully saturated rings. The lowest BCUT2D eigenvalue weighted by Crippen LogP contribution is -2.19. The number of hydrogen-bond donors (Lipinski definition) is 2. The number of aliphatic hydroxyl groups is 1. The Balaban J connectivity index is 1.73. The fourth-order valence-electron chi connectivity index (χ4n) is 2.55. The first kappa shape index (κ1) is 13.7. The molecule has 1 aromatic heterocycles. The number of hydrogen-bond acceptors (Lipinski definition) is 7. The van der Waals surface area contributed by atoms with E-state index in [-0.39, 0.29) is 12.1 Å². The van der Waals surface area contributed by atoms with Gasteiger partial charge in [0, 0.05) is 23.3 Å². The SMILES string of the molecule is CCC1SCCSC1c1noc([C@@H]2C[C@H](O)CN2)n1. The molecule has 2 saturated heterocycles. The van der Waals surface area contributed by atoms with Crippen LogP contribution in [0.3, 0.4) is 0 Å². The molecule has 3 rings (SSSR count). The molecule has 106 valence electrons. The van der Waals surface area contributed by atoms with Crippen molar-refractivity contribution < 1.29 is 9.63 Å². The van der Waals surface area contributed by atoms with E-state index in [0.717, 1.165) is 18.0 Å². The van der Waals surface area contributed by atoms with Gasteiger partial charge in [0.1, 0.15) is 0 Å². The van der Waals surface area contributed by atoms with Crippen molar-refractivity contribution in [3.63, 3.8) is 0 Å². The van der Waals surface area contributed by atoms with Crippen LogP contribution in [-0.4, -0.2) is 44.7 Å². The van der Waals surface area contributed by atoms with Crippen molar-refractivity contribution in [2.75, 3.05) is 18.1 Å². The zero-order chi connectivity index (χ0) is 13.2. The highest BCUT2D eigenvalue weighted by Gasteiger charge is 2.33. The number of thioether (sulfide) groups is 2. The quantitative estimate of drug-likeness (QED) is 0.881. The molecule has 0 aromatic carbocycles. The van der Waals surface area contributed by atoms with Crippen LogP contribution in [0, 0.1) is 0 Å². The van der Waals surface area contributed by atoms with E-state index in [2.05, 4.69) is 22.4 Å². The van der Waals surface area contributed by atoms with E-state index in [4.69, 9.17) is 4.52 Å². The monoisotopic (exact) mass is 301 g/mol. The third kappa shape index (κ3) is 2.94. The Morgan fingerprint density at radius 1 is 1.42 bits per heavy atom. The summed E-state index contributed by atoms with van der Waals surface area (Å²) in [6.07, 6.45) is 1.49. The minimum absolute atomic E-state index is 0.0116. The van der Waals surface area contributed by atoms with Crippen LogP contribution in [-0.2, 0) is 0 Å². The van der Waals surface area contributed by atoms with E-state index < -0.39 is 0 Å². The molecule has 0 spiro atoms. The highest BCUT2D eigenvalue weighted by atomic mass is 32.2. The van der Waals surface area contributed by atoms with Crippen LogP contribution in [0.2, 0.25) is 0 Å². The topological polar surface area (TPSA) is 71.2 Å². The third-order valence-electron chi connectivity index (χ3n) is 3.57. The molecular formula is C12H19N3O2S2. The van der Waals surface area contributed by atoms with Crippen LogP contribution < -0.4 is 5.32 Å². The third-order valence-corrected chi connectivity index (χ3v) is 6.81. The number of aromatic nitrogens is 2. The molecule has 0 saturated carbocycles. The number of nitrogens with one attached hydrogen (secondary N) is 1. The number of β-amino-alcohol motifs (C(OH)–C–C–N with tert-alkyl or cyclic N) is 1. The van der Waals surface area contributed by atoms with Gasteiger partial charge in [-0.15, -0.1) is 11.8 Å². The molecule has 2 unspecified atom stereocenters. The van der Waals surface area contributed by atoms with E-state index >= 15 is 0 Å². The van der Waals surface area contributed by atoms with E-state index in [1.807, 2.05) is 23.5 Å². The summed E-state index contributed by atoms with van der Waals surface area (Å²) in [4.78, 5) is 4.56. The Morgan fingerprint density at radius 2 is 2.26 bits per heavy atom. The van der Waals surface area contributed by atoms with Gasteiger partial charge in [-0.1, -0.05) is 12.1 Å². The van der Waals surface area contributed by atoms with Crippen molar-refractivity contribution in [3.8, 4) is 0 Å². The van der Waals surface area contributed by atoms with Crippen molar-refractivity contribution in [1.29, 1.82) is 0 Å². The number of nitrogens with zero attached hydrogens (tertiary/aromatic N) is 2. The summed E-state index contributed by atoms with van der Waals surface area (Å²) >= 11 is 3.94. The summed E-state index contributed by atoms with van der Waals surface area (Å²) in [6, 6.07) is 0.0116. The van der Waals surface area contributed by atoms with Gasteiger partial charge in [0.2, 0.25) is 5.89 Å². The van der Waals surface area contributed by atoms with Gasteiger partial charge in [-0.3, -0.25) is 0 Å². The van der Waals surface area contributed by atoms with E-state index in [1.54, 1.807) is 0 Å². The molecule has 0 radical (unpaired) electrons. The Labute approximate surface area is 121 Å². The summed E-state index contributed by atoms with van der Waals surface area (Å²) < 4.78 is 5.39. The van der Waals surface area contributed by atoms with E-state index in [0.29, 0.717) is 29.4 Å². The zero-order valence-electron chi connectivity index (χ0n) is 10.9. The second-order valence-corrected chi connectivity index (χ2v) is 7.55. The maximum absolute atomic E-state index is 9.54. The average Bonchev–Trinajstić information content (AvgIpc) is 3.07. The lowest BCUT2D eigenvalue weighted by Gasteiger charge is -2.27. The van der Waals surface area contributed by atoms with E-state index in [9.17, 15) is 5.11 Å². The van der Waals surface area contributed by atoms with Gasteiger partial charge in [-0.2, -0.15) is 16.7 Å². The molecule has 2 N–H and O–H groups in total. The fraction of sp³-hybridized carbons (Fsp3) is 0.833. The summed E-state index contributed by atoms with van der Waals surface area (Å²) in [6.45, 7) is 2.82. The van der Waals surface area contributed by atoms with Crippen LogP contribution in [0.5, 0.6) is 0 Å². The number of aliphatic hydroxyl groups excluding tert-OH is 1. The first-order valence-corrected chi connectivity index (χ1v) is 8.85. The molecule has 5 nitrogen and oxygen atoms in total. The van der Waals surface area contributed by atoms with Gasteiger partial charge in [-0.05, 0) is 12.8 Å². The van der Waals surface area contributed by atoms with Crippen LogP contribution in [0.4, 0.5) is 0 Å². The van der Waals surface area contributed by atoms with Gasteiger partial charge in [-0.25, -0.2) is 0 Å². The lowest BCUT2D eigenvalue weighted by atomic mass is 10.2. The summed E-state index contributed by atoms with van der Waals surface area (Å²) in [5, 5.41) is 17.8. The molecule has 0 aliphatic carbocycles. The Bertz CT molecular complexity index is 429. The molecule has 2 aliphatic rings. The highest BCUT2D eigenvalue weighted by Crippen LogP contribution is 2.43. The van der Waals surface area contributed by atoms with E-state index in [1.165, 1.54) is 5.75 Å². The van der Waals surface area contributed by atoms with Gasteiger partial charge in [0.15, 0.2) is 5.82 Å². The van der Waals surface area contributed by atoms with Crippen molar-refractivity contribution in [2.45, 2.75) is 42.4 Å². The van der Waals surface area contributed by atoms with Crippen molar-refractivity contribution in [2.24, 2.45) is 0 Å². The Kier molecular flexibility index (Phi) is 4.36. The normalized spacial score (nSPS) is 35.7.